The van der Waals surface area contributed by atoms with Crippen LogP contribution in [0.25, 0.3) is 16.8 Å². The molecule has 0 atom stereocenters. The van der Waals surface area contributed by atoms with Gasteiger partial charge in [0.15, 0.2) is 0 Å². The summed E-state index contributed by atoms with van der Waals surface area (Å²) in [7, 11) is 0. The van der Waals surface area contributed by atoms with Gasteiger partial charge in [0, 0.05) is 10.6 Å². The molecule has 0 spiro atoms. The van der Waals surface area contributed by atoms with Crippen LogP contribution in [0.1, 0.15) is 11.3 Å². The predicted octanol–water partition coefficient (Wildman–Crippen LogP) is 4.39. The SMILES string of the molecule is Cc1cc(-n2nc(C)c(-c3ccccc3)c2N)ccc1Cl. The summed E-state index contributed by atoms with van der Waals surface area (Å²) in [5.74, 6) is 0.639. The highest BCUT2D eigenvalue weighted by Gasteiger charge is 2.15. The zero-order valence-corrected chi connectivity index (χ0v) is 12.7. The van der Waals surface area contributed by atoms with E-state index in [0.29, 0.717) is 5.82 Å². The molecule has 0 radical (unpaired) electrons. The van der Waals surface area contributed by atoms with Gasteiger partial charge in [-0.15, -0.1) is 0 Å². The molecule has 106 valence electrons. The average molecular weight is 298 g/mol. The number of anilines is 1. The van der Waals surface area contributed by atoms with Crippen molar-refractivity contribution in [2.24, 2.45) is 0 Å². The molecule has 4 heteroatoms. The van der Waals surface area contributed by atoms with Gasteiger partial charge in [0.1, 0.15) is 5.82 Å². The molecule has 0 unspecified atom stereocenters. The molecule has 0 saturated carbocycles. The third-order valence-electron chi connectivity index (χ3n) is 3.54. The highest BCUT2D eigenvalue weighted by molar-refractivity contribution is 6.31. The number of nitrogens with zero attached hydrogens (tertiary/aromatic N) is 2. The molecule has 3 rings (SSSR count). The molecule has 0 bridgehead atoms. The lowest BCUT2D eigenvalue weighted by molar-refractivity contribution is 0.871. The molecule has 2 N–H and O–H groups in total. The van der Waals surface area contributed by atoms with E-state index in [2.05, 4.69) is 5.10 Å². The van der Waals surface area contributed by atoms with Crippen molar-refractivity contribution in [1.82, 2.24) is 9.78 Å². The first-order valence-electron chi connectivity index (χ1n) is 6.75. The van der Waals surface area contributed by atoms with Crippen LogP contribution in [0.4, 0.5) is 5.82 Å². The van der Waals surface area contributed by atoms with Gasteiger partial charge in [0.05, 0.1) is 11.4 Å². The monoisotopic (exact) mass is 297 g/mol. The Morgan fingerprint density at radius 3 is 2.43 bits per heavy atom. The summed E-state index contributed by atoms with van der Waals surface area (Å²) in [6, 6.07) is 15.8. The standard InChI is InChI=1S/C17H16ClN3/c1-11-10-14(8-9-15(11)18)21-17(19)16(12(2)20-21)13-6-4-3-5-7-13/h3-10H,19H2,1-2H3. The summed E-state index contributed by atoms with van der Waals surface area (Å²) in [6.07, 6.45) is 0. The lowest BCUT2D eigenvalue weighted by Crippen LogP contribution is -2.02. The van der Waals surface area contributed by atoms with Crippen molar-refractivity contribution in [3.63, 3.8) is 0 Å². The van der Waals surface area contributed by atoms with Crippen molar-refractivity contribution in [2.75, 3.05) is 5.73 Å². The summed E-state index contributed by atoms with van der Waals surface area (Å²) in [4.78, 5) is 0. The van der Waals surface area contributed by atoms with Gasteiger partial charge in [0.2, 0.25) is 0 Å². The molecule has 1 heterocycles. The van der Waals surface area contributed by atoms with Crippen molar-refractivity contribution >= 4 is 17.4 Å². The number of halogens is 1. The lowest BCUT2D eigenvalue weighted by Gasteiger charge is -2.07. The van der Waals surface area contributed by atoms with E-state index in [4.69, 9.17) is 17.3 Å². The third kappa shape index (κ3) is 2.41. The fourth-order valence-corrected chi connectivity index (χ4v) is 2.58. The van der Waals surface area contributed by atoms with E-state index in [-0.39, 0.29) is 0 Å². The van der Waals surface area contributed by atoms with E-state index in [0.717, 1.165) is 33.1 Å². The van der Waals surface area contributed by atoms with Crippen molar-refractivity contribution in [2.45, 2.75) is 13.8 Å². The first-order valence-corrected chi connectivity index (χ1v) is 7.13. The molecule has 2 aromatic carbocycles. The molecule has 1 aromatic heterocycles. The summed E-state index contributed by atoms with van der Waals surface area (Å²) < 4.78 is 1.76. The Kier molecular flexibility index (Phi) is 3.43. The number of rotatable bonds is 2. The van der Waals surface area contributed by atoms with Gasteiger partial charge < -0.3 is 5.73 Å². The number of benzene rings is 2. The van der Waals surface area contributed by atoms with Crippen LogP contribution in [0.3, 0.4) is 0 Å². The van der Waals surface area contributed by atoms with E-state index in [1.807, 2.05) is 62.4 Å². The maximum atomic E-state index is 6.32. The minimum absolute atomic E-state index is 0.639. The van der Waals surface area contributed by atoms with Gasteiger partial charge >= 0.3 is 0 Å². The number of aromatic nitrogens is 2. The maximum absolute atomic E-state index is 6.32. The second-order valence-corrected chi connectivity index (χ2v) is 5.46. The molecule has 0 aliphatic carbocycles. The van der Waals surface area contributed by atoms with Gasteiger partial charge in [-0.1, -0.05) is 41.9 Å². The van der Waals surface area contributed by atoms with Crippen LogP contribution in [-0.4, -0.2) is 9.78 Å². The number of hydrogen-bond donors (Lipinski definition) is 1. The second kappa shape index (κ2) is 5.26. The normalized spacial score (nSPS) is 10.8. The first kappa shape index (κ1) is 13.7. The van der Waals surface area contributed by atoms with Gasteiger partial charge in [-0.05, 0) is 43.2 Å². The van der Waals surface area contributed by atoms with Crippen LogP contribution in [0.15, 0.2) is 48.5 Å². The molecule has 0 amide bonds. The maximum Gasteiger partial charge on any atom is 0.135 e. The zero-order chi connectivity index (χ0) is 15.0. The third-order valence-corrected chi connectivity index (χ3v) is 3.97. The van der Waals surface area contributed by atoms with E-state index < -0.39 is 0 Å². The Bertz CT molecular complexity index is 791. The summed E-state index contributed by atoms with van der Waals surface area (Å²) in [6.45, 7) is 3.94. The second-order valence-electron chi connectivity index (χ2n) is 5.06. The highest BCUT2D eigenvalue weighted by Crippen LogP contribution is 2.31. The quantitative estimate of drug-likeness (QED) is 0.762. The molecule has 0 aliphatic rings. The Morgan fingerprint density at radius 1 is 1.05 bits per heavy atom. The Labute approximate surface area is 129 Å². The highest BCUT2D eigenvalue weighted by atomic mass is 35.5. The van der Waals surface area contributed by atoms with Crippen LogP contribution in [0.2, 0.25) is 5.02 Å². The van der Waals surface area contributed by atoms with E-state index >= 15 is 0 Å². The van der Waals surface area contributed by atoms with Crippen LogP contribution < -0.4 is 5.73 Å². The van der Waals surface area contributed by atoms with Crippen LogP contribution in [-0.2, 0) is 0 Å². The minimum Gasteiger partial charge on any atom is -0.383 e. The number of aryl methyl sites for hydroxylation is 2. The van der Waals surface area contributed by atoms with E-state index in [1.165, 1.54) is 0 Å². The molecule has 0 saturated heterocycles. The fourth-order valence-electron chi connectivity index (χ4n) is 2.46. The van der Waals surface area contributed by atoms with Gasteiger partial charge in [-0.3, -0.25) is 0 Å². The van der Waals surface area contributed by atoms with Gasteiger partial charge in [0.25, 0.3) is 0 Å². The van der Waals surface area contributed by atoms with E-state index in [9.17, 15) is 0 Å². The van der Waals surface area contributed by atoms with Crippen LogP contribution in [0.5, 0.6) is 0 Å². The molecular weight excluding hydrogens is 282 g/mol. The molecule has 21 heavy (non-hydrogen) atoms. The summed E-state index contributed by atoms with van der Waals surface area (Å²) >= 11 is 6.08. The van der Waals surface area contributed by atoms with Gasteiger partial charge in [-0.25, -0.2) is 4.68 Å². The zero-order valence-electron chi connectivity index (χ0n) is 12.0. The lowest BCUT2D eigenvalue weighted by atomic mass is 10.1. The largest absolute Gasteiger partial charge is 0.383 e. The fraction of sp³-hybridized carbons (Fsp3) is 0.118. The van der Waals surface area contributed by atoms with Gasteiger partial charge in [-0.2, -0.15) is 5.10 Å². The number of hydrogen-bond acceptors (Lipinski definition) is 2. The van der Waals surface area contributed by atoms with E-state index in [1.54, 1.807) is 4.68 Å². The Balaban J connectivity index is 2.16. The molecule has 0 fully saturated rings. The predicted molar refractivity (Wildman–Crippen MR) is 87.9 cm³/mol. The van der Waals surface area contributed by atoms with Crippen molar-refractivity contribution in [3.8, 4) is 16.8 Å². The summed E-state index contributed by atoms with van der Waals surface area (Å²) in [5.41, 5.74) is 11.2. The van der Waals surface area contributed by atoms with Crippen molar-refractivity contribution in [1.29, 1.82) is 0 Å². The summed E-state index contributed by atoms with van der Waals surface area (Å²) in [5, 5.41) is 5.32. The number of nitrogens with two attached hydrogens (primary N) is 1. The minimum atomic E-state index is 0.639. The average Bonchev–Trinajstić information content (AvgIpc) is 2.78. The molecule has 3 aromatic rings. The molecule has 0 aliphatic heterocycles. The smallest absolute Gasteiger partial charge is 0.135 e. The topological polar surface area (TPSA) is 43.8 Å². The Hall–Kier alpha value is -2.26. The molecule has 3 nitrogen and oxygen atoms in total. The van der Waals surface area contributed by atoms with Crippen molar-refractivity contribution < 1.29 is 0 Å². The van der Waals surface area contributed by atoms with Crippen LogP contribution in [0, 0.1) is 13.8 Å². The van der Waals surface area contributed by atoms with Crippen molar-refractivity contribution in [3.05, 3.63) is 64.8 Å². The van der Waals surface area contributed by atoms with Crippen LogP contribution >= 0.6 is 11.6 Å². The Morgan fingerprint density at radius 2 is 1.76 bits per heavy atom. The number of nitrogen functional groups attached to an aromatic ring is 1. The molecular formula is C17H16ClN3. The first-order chi connectivity index (χ1) is 10.1.